The van der Waals surface area contributed by atoms with E-state index in [0.29, 0.717) is 18.2 Å². The first-order valence-corrected chi connectivity index (χ1v) is 9.75. The topological polar surface area (TPSA) is 76.6 Å². The minimum Gasteiger partial charge on any atom is -0.483 e. The van der Waals surface area contributed by atoms with Crippen LogP contribution in [-0.4, -0.2) is 47.2 Å². The highest BCUT2D eigenvalue weighted by Gasteiger charge is 2.32. The molecule has 3 heterocycles. The van der Waals surface area contributed by atoms with Gasteiger partial charge in [-0.1, -0.05) is 12.1 Å². The molecule has 1 aromatic heterocycles. The highest BCUT2D eigenvalue weighted by molar-refractivity contribution is 5.78. The molecule has 1 unspecified atom stereocenters. The van der Waals surface area contributed by atoms with Gasteiger partial charge in [0, 0.05) is 43.5 Å². The predicted octanol–water partition coefficient (Wildman–Crippen LogP) is 2.35. The van der Waals surface area contributed by atoms with Gasteiger partial charge in [-0.2, -0.15) is 0 Å². The number of nitrogens with zero attached hydrogens (tertiary/aromatic N) is 3. The summed E-state index contributed by atoms with van der Waals surface area (Å²) in [6.07, 6.45) is 6.23. The maximum absolute atomic E-state index is 12.4. The fraction of sp³-hybridized carbons (Fsp3) is 0.476. The molecule has 0 spiro atoms. The zero-order valence-electron chi connectivity index (χ0n) is 16.4. The SMILES string of the molecule is CC1(C)Cc2cccc(OCC(=O)NC3CCCN(c4ncccn4)C3)c2O1. The number of fused-ring (bicyclic) bond motifs is 1. The molecule has 2 aliphatic rings. The van der Waals surface area contributed by atoms with Gasteiger partial charge >= 0.3 is 0 Å². The van der Waals surface area contributed by atoms with Gasteiger partial charge in [0.15, 0.2) is 18.1 Å². The highest BCUT2D eigenvalue weighted by atomic mass is 16.5. The Bertz CT molecular complexity index is 841. The highest BCUT2D eigenvalue weighted by Crippen LogP contribution is 2.41. The molecule has 0 bridgehead atoms. The van der Waals surface area contributed by atoms with Crippen molar-refractivity contribution in [3.05, 3.63) is 42.2 Å². The monoisotopic (exact) mass is 382 g/mol. The van der Waals surface area contributed by atoms with Crippen molar-refractivity contribution >= 4 is 11.9 Å². The Morgan fingerprint density at radius 3 is 2.96 bits per heavy atom. The third kappa shape index (κ3) is 4.18. The van der Waals surface area contributed by atoms with Gasteiger partial charge in [0.25, 0.3) is 5.91 Å². The Labute approximate surface area is 165 Å². The van der Waals surface area contributed by atoms with Gasteiger partial charge in [-0.25, -0.2) is 9.97 Å². The third-order valence-corrected chi connectivity index (χ3v) is 5.04. The minimum absolute atomic E-state index is 0.0292. The van der Waals surface area contributed by atoms with E-state index in [1.807, 2.05) is 18.2 Å². The number of ether oxygens (including phenoxy) is 2. The number of carbonyl (C=O) groups is 1. The van der Waals surface area contributed by atoms with Crippen molar-refractivity contribution in [1.29, 1.82) is 0 Å². The van der Waals surface area contributed by atoms with Crippen LogP contribution in [0.25, 0.3) is 0 Å². The van der Waals surface area contributed by atoms with Crippen LogP contribution in [0, 0.1) is 0 Å². The van der Waals surface area contributed by atoms with Crippen LogP contribution in [0.3, 0.4) is 0 Å². The molecule has 0 aliphatic carbocycles. The molecule has 1 saturated heterocycles. The molecule has 1 amide bonds. The minimum atomic E-state index is -0.241. The summed E-state index contributed by atoms with van der Waals surface area (Å²) in [5.74, 6) is 1.96. The van der Waals surface area contributed by atoms with Crippen molar-refractivity contribution in [2.24, 2.45) is 0 Å². The van der Waals surface area contributed by atoms with Gasteiger partial charge in [0.1, 0.15) is 5.60 Å². The van der Waals surface area contributed by atoms with Crippen molar-refractivity contribution in [3.8, 4) is 11.5 Å². The lowest BCUT2D eigenvalue weighted by molar-refractivity contribution is -0.123. The van der Waals surface area contributed by atoms with Gasteiger partial charge in [-0.3, -0.25) is 4.79 Å². The summed E-state index contributed by atoms with van der Waals surface area (Å²) in [5, 5.41) is 3.07. The van der Waals surface area contributed by atoms with Crippen molar-refractivity contribution in [3.63, 3.8) is 0 Å². The van der Waals surface area contributed by atoms with Gasteiger partial charge in [-0.05, 0) is 38.8 Å². The number of hydrogen-bond acceptors (Lipinski definition) is 6. The van der Waals surface area contributed by atoms with E-state index in [9.17, 15) is 4.79 Å². The Morgan fingerprint density at radius 1 is 1.32 bits per heavy atom. The summed E-state index contributed by atoms with van der Waals surface area (Å²) >= 11 is 0. The zero-order chi connectivity index (χ0) is 19.6. The van der Waals surface area contributed by atoms with Gasteiger partial charge < -0.3 is 19.7 Å². The molecule has 2 aromatic rings. The van der Waals surface area contributed by atoms with Crippen LogP contribution in [0.2, 0.25) is 0 Å². The Kier molecular flexibility index (Phi) is 5.07. The maximum atomic E-state index is 12.4. The summed E-state index contributed by atoms with van der Waals surface area (Å²) in [6, 6.07) is 7.69. The molecule has 7 nitrogen and oxygen atoms in total. The van der Waals surface area contributed by atoms with Crippen LogP contribution in [0.5, 0.6) is 11.5 Å². The van der Waals surface area contributed by atoms with Gasteiger partial charge in [0.2, 0.25) is 5.95 Å². The standard InChI is InChI=1S/C21H26N4O3/c1-21(2)12-15-6-3-8-17(19(15)28-21)27-14-18(26)24-16-7-4-11-25(13-16)20-22-9-5-10-23-20/h3,5-6,8-10,16H,4,7,11-14H2,1-2H3,(H,24,26). The maximum Gasteiger partial charge on any atom is 0.258 e. The van der Waals surface area contributed by atoms with E-state index in [-0.39, 0.29) is 24.2 Å². The molecule has 4 rings (SSSR count). The van der Waals surface area contributed by atoms with Crippen molar-refractivity contribution < 1.29 is 14.3 Å². The molecule has 0 saturated carbocycles. The molecule has 1 aromatic carbocycles. The second-order valence-electron chi connectivity index (χ2n) is 7.97. The number of nitrogens with one attached hydrogen (secondary N) is 1. The normalized spacial score (nSPS) is 20.2. The summed E-state index contributed by atoms with van der Waals surface area (Å²) in [5.41, 5.74) is 0.878. The lowest BCUT2D eigenvalue weighted by atomic mass is 10.0. The zero-order valence-corrected chi connectivity index (χ0v) is 16.4. The van der Waals surface area contributed by atoms with Crippen molar-refractivity contribution in [2.45, 2.75) is 44.8 Å². The number of carbonyl (C=O) groups excluding carboxylic acids is 1. The number of benzene rings is 1. The van der Waals surface area contributed by atoms with Crippen LogP contribution in [0.15, 0.2) is 36.7 Å². The summed E-state index contributed by atoms with van der Waals surface area (Å²) in [7, 11) is 0. The second-order valence-corrected chi connectivity index (χ2v) is 7.97. The van der Waals surface area contributed by atoms with Crippen LogP contribution >= 0.6 is 0 Å². The quantitative estimate of drug-likeness (QED) is 0.856. The Balaban J connectivity index is 1.32. The average molecular weight is 382 g/mol. The van der Waals surface area contributed by atoms with Crippen LogP contribution in [0.4, 0.5) is 5.95 Å². The molecule has 2 aliphatic heterocycles. The van der Waals surface area contributed by atoms with E-state index in [1.165, 1.54) is 0 Å². The number of amides is 1. The van der Waals surface area contributed by atoms with Crippen LogP contribution in [-0.2, 0) is 11.2 Å². The largest absolute Gasteiger partial charge is 0.483 e. The first-order valence-electron chi connectivity index (χ1n) is 9.75. The average Bonchev–Trinajstić information content (AvgIpc) is 3.01. The molecular weight excluding hydrogens is 356 g/mol. The Morgan fingerprint density at radius 2 is 2.14 bits per heavy atom. The van der Waals surface area contributed by atoms with E-state index in [2.05, 4.69) is 34.0 Å². The molecule has 148 valence electrons. The van der Waals surface area contributed by atoms with Crippen LogP contribution in [0.1, 0.15) is 32.3 Å². The van der Waals surface area contributed by atoms with Gasteiger partial charge in [0.05, 0.1) is 0 Å². The summed E-state index contributed by atoms with van der Waals surface area (Å²) in [4.78, 5) is 23.1. The molecule has 1 fully saturated rings. The van der Waals surface area contributed by atoms with Gasteiger partial charge in [-0.15, -0.1) is 0 Å². The number of rotatable bonds is 5. The first kappa shape index (κ1) is 18.5. The predicted molar refractivity (Wildman–Crippen MR) is 106 cm³/mol. The molecule has 28 heavy (non-hydrogen) atoms. The molecule has 7 heteroatoms. The molecule has 0 radical (unpaired) electrons. The fourth-order valence-corrected chi connectivity index (χ4v) is 3.84. The molecule has 1 atom stereocenters. The van der Waals surface area contributed by atoms with Crippen molar-refractivity contribution in [1.82, 2.24) is 15.3 Å². The van der Waals surface area contributed by atoms with E-state index in [4.69, 9.17) is 9.47 Å². The van der Waals surface area contributed by atoms with E-state index in [0.717, 1.165) is 37.1 Å². The lowest BCUT2D eigenvalue weighted by Gasteiger charge is -2.33. The summed E-state index contributed by atoms with van der Waals surface area (Å²) in [6.45, 7) is 5.67. The Hall–Kier alpha value is -2.83. The first-order chi connectivity index (χ1) is 13.5. The van der Waals surface area contributed by atoms with Crippen molar-refractivity contribution in [2.75, 3.05) is 24.6 Å². The lowest BCUT2D eigenvalue weighted by Crippen LogP contribution is -2.49. The van der Waals surface area contributed by atoms with Crippen LogP contribution < -0.4 is 19.7 Å². The third-order valence-electron chi connectivity index (χ3n) is 5.04. The number of anilines is 1. The van der Waals surface area contributed by atoms with E-state index in [1.54, 1.807) is 18.5 Å². The summed E-state index contributed by atoms with van der Waals surface area (Å²) < 4.78 is 11.8. The number of aromatic nitrogens is 2. The molecular formula is C21H26N4O3. The fourth-order valence-electron chi connectivity index (χ4n) is 3.84. The van der Waals surface area contributed by atoms with E-state index < -0.39 is 0 Å². The molecule has 1 N–H and O–H groups in total. The second kappa shape index (κ2) is 7.66. The number of hydrogen-bond donors (Lipinski definition) is 1. The van der Waals surface area contributed by atoms with E-state index >= 15 is 0 Å². The smallest absolute Gasteiger partial charge is 0.258 e. The number of para-hydroxylation sites is 1. The number of piperidine rings is 1.